The van der Waals surface area contributed by atoms with Crippen LogP contribution in [0.5, 0.6) is 0 Å². The number of rotatable bonds is 5. The summed E-state index contributed by atoms with van der Waals surface area (Å²) in [4.78, 5) is 18.1. The summed E-state index contributed by atoms with van der Waals surface area (Å²) in [6, 6.07) is 4.19. The number of ether oxygens (including phenoxy) is 1. The van der Waals surface area contributed by atoms with Gasteiger partial charge in [0.05, 0.1) is 42.0 Å². The highest BCUT2D eigenvalue weighted by atomic mass is 19.4. The van der Waals surface area contributed by atoms with E-state index < -0.39 is 11.7 Å². The average Bonchev–Trinajstić information content (AvgIpc) is 3.59. The van der Waals surface area contributed by atoms with E-state index in [0.29, 0.717) is 35.4 Å². The normalized spacial score (nSPS) is 21.5. The van der Waals surface area contributed by atoms with Crippen molar-refractivity contribution < 1.29 is 17.9 Å². The minimum Gasteiger partial charge on any atom is -0.381 e. The number of piperazine rings is 1. The smallest absolute Gasteiger partial charge is 0.381 e. The highest BCUT2D eigenvalue weighted by molar-refractivity contribution is 5.61. The highest BCUT2D eigenvalue weighted by Crippen LogP contribution is 2.32. The van der Waals surface area contributed by atoms with Gasteiger partial charge in [0.25, 0.3) is 0 Å². The van der Waals surface area contributed by atoms with Crippen molar-refractivity contribution in [1.82, 2.24) is 34.4 Å². The topological polar surface area (TPSA) is 87.5 Å². The van der Waals surface area contributed by atoms with Gasteiger partial charge in [-0.1, -0.05) is 0 Å². The Morgan fingerprint density at radius 2 is 2.03 bits per heavy atom. The van der Waals surface area contributed by atoms with Crippen molar-refractivity contribution in [1.29, 1.82) is 0 Å². The number of imidazole rings is 1. The highest BCUT2D eigenvalue weighted by Gasteiger charge is 2.33. The Morgan fingerprint density at radius 1 is 1.11 bits per heavy atom. The number of alkyl halides is 3. The summed E-state index contributed by atoms with van der Waals surface area (Å²) in [5.41, 5.74) is 1.77. The Morgan fingerprint density at radius 3 is 2.81 bits per heavy atom. The minimum atomic E-state index is -4.45. The third-order valence-corrected chi connectivity index (χ3v) is 7.16. The van der Waals surface area contributed by atoms with E-state index in [4.69, 9.17) is 9.72 Å². The summed E-state index contributed by atoms with van der Waals surface area (Å²) in [6.07, 6.45) is 5.83. The molecule has 1 N–H and O–H groups in total. The number of fused-ring (bicyclic) bond motifs is 1. The molecular formula is C25H27F3N8O. The van der Waals surface area contributed by atoms with E-state index in [1.54, 1.807) is 18.5 Å². The van der Waals surface area contributed by atoms with Crippen molar-refractivity contribution in [3.8, 4) is 11.4 Å². The number of anilines is 1. The number of H-pyrrole nitrogens is 1. The summed E-state index contributed by atoms with van der Waals surface area (Å²) in [5, 5.41) is 7.09. The van der Waals surface area contributed by atoms with Crippen LogP contribution in [0, 0.1) is 5.92 Å². The zero-order valence-electron chi connectivity index (χ0n) is 20.1. The van der Waals surface area contributed by atoms with Gasteiger partial charge in [0.15, 0.2) is 0 Å². The first-order valence-corrected chi connectivity index (χ1v) is 12.4. The Bertz CT molecular complexity index is 1350. The number of nitrogens with zero attached hydrogens (tertiary/aromatic N) is 7. The zero-order chi connectivity index (χ0) is 25.4. The van der Waals surface area contributed by atoms with Crippen LogP contribution in [0.15, 0.2) is 49.2 Å². The Balaban J connectivity index is 1.27. The average molecular weight is 513 g/mol. The maximum Gasteiger partial charge on any atom is 0.417 e. The summed E-state index contributed by atoms with van der Waals surface area (Å²) >= 11 is 0. The van der Waals surface area contributed by atoms with Crippen LogP contribution in [0.3, 0.4) is 0 Å². The molecule has 0 saturated carbocycles. The van der Waals surface area contributed by atoms with Gasteiger partial charge in [0, 0.05) is 56.9 Å². The van der Waals surface area contributed by atoms with Gasteiger partial charge >= 0.3 is 6.18 Å². The van der Waals surface area contributed by atoms with Gasteiger partial charge < -0.3 is 9.64 Å². The summed E-state index contributed by atoms with van der Waals surface area (Å²) < 4.78 is 47.1. The number of halogens is 3. The van der Waals surface area contributed by atoms with Gasteiger partial charge in [0.2, 0.25) is 5.95 Å². The van der Waals surface area contributed by atoms with E-state index in [-0.39, 0.29) is 6.04 Å². The second-order valence-corrected chi connectivity index (χ2v) is 9.60. The minimum absolute atomic E-state index is 0.104. The van der Waals surface area contributed by atoms with Crippen molar-refractivity contribution in [2.45, 2.75) is 25.1 Å². The van der Waals surface area contributed by atoms with Crippen LogP contribution < -0.4 is 4.90 Å². The van der Waals surface area contributed by atoms with E-state index in [2.05, 4.69) is 30.0 Å². The first-order valence-electron chi connectivity index (χ1n) is 12.4. The van der Waals surface area contributed by atoms with Gasteiger partial charge in [-0.3, -0.25) is 14.4 Å². The molecule has 2 aliphatic heterocycles. The lowest BCUT2D eigenvalue weighted by molar-refractivity contribution is -0.137. The monoisotopic (exact) mass is 512 g/mol. The molecule has 0 aliphatic carbocycles. The molecule has 6 heterocycles. The molecule has 0 aromatic carbocycles. The molecule has 4 aromatic heterocycles. The third-order valence-electron chi connectivity index (χ3n) is 7.16. The molecule has 9 nitrogen and oxygen atoms in total. The second kappa shape index (κ2) is 9.75. The summed E-state index contributed by atoms with van der Waals surface area (Å²) in [5.74, 6) is 1.04. The Kier molecular flexibility index (Phi) is 6.29. The van der Waals surface area contributed by atoms with Crippen molar-refractivity contribution in [3.05, 3.63) is 60.3 Å². The molecule has 0 spiro atoms. The quantitative estimate of drug-likeness (QED) is 0.435. The van der Waals surface area contributed by atoms with Gasteiger partial charge in [-0.15, -0.1) is 0 Å². The van der Waals surface area contributed by atoms with Gasteiger partial charge in [-0.2, -0.15) is 18.3 Å². The van der Waals surface area contributed by atoms with Crippen LogP contribution in [-0.4, -0.2) is 73.8 Å². The molecule has 6 rings (SSSR count). The fourth-order valence-corrected chi connectivity index (χ4v) is 5.24. The second-order valence-electron chi connectivity index (χ2n) is 9.60. The van der Waals surface area contributed by atoms with Crippen LogP contribution in [0.2, 0.25) is 0 Å². The van der Waals surface area contributed by atoms with Crippen molar-refractivity contribution in [2.24, 2.45) is 5.92 Å². The lowest BCUT2D eigenvalue weighted by Gasteiger charge is -2.43. The molecule has 37 heavy (non-hydrogen) atoms. The van der Waals surface area contributed by atoms with Gasteiger partial charge in [-0.05, 0) is 37.0 Å². The van der Waals surface area contributed by atoms with E-state index in [1.165, 1.54) is 16.9 Å². The Labute approximate surface area is 211 Å². The van der Waals surface area contributed by atoms with E-state index in [9.17, 15) is 13.2 Å². The van der Waals surface area contributed by atoms with Gasteiger partial charge in [-0.25, -0.2) is 15.0 Å². The number of nitrogens with one attached hydrogen (secondary N) is 1. The molecule has 2 saturated heterocycles. The maximum absolute atomic E-state index is 13.3. The summed E-state index contributed by atoms with van der Waals surface area (Å²) in [7, 11) is 0. The summed E-state index contributed by atoms with van der Waals surface area (Å²) in [6.45, 7) is 4.81. The largest absolute Gasteiger partial charge is 0.417 e. The van der Waals surface area contributed by atoms with Crippen LogP contribution in [-0.2, 0) is 10.9 Å². The number of aromatic nitrogens is 6. The molecule has 0 bridgehead atoms. The molecule has 2 atom stereocenters. The predicted octanol–water partition coefficient (Wildman–Crippen LogP) is 3.82. The number of hydrogen-bond acceptors (Lipinski definition) is 7. The van der Waals surface area contributed by atoms with Crippen LogP contribution in [0.4, 0.5) is 19.1 Å². The molecule has 2 aliphatic rings. The van der Waals surface area contributed by atoms with Crippen LogP contribution in [0.1, 0.15) is 30.0 Å². The standard InChI is InChI=1S/C25H27F3N8O/c26-25(27,28)19-3-4-23-30-12-21(36(23)14-19)20-5-6-29-24(33-20)35-8-7-34(13-17-2-1-9-37-16-17)22(15-35)18-10-31-32-11-18/h3-6,10-12,14,17,22H,1-2,7-9,13,15-16H2,(H,31,32)/t17-,22-/m1/s1. The maximum atomic E-state index is 13.3. The molecular weight excluding hydrogens is 485 g/mol. The molecule has 2 fully saturated rings. The Hall–Kier alpha value is -3.51. The molecule has 0 amide bonds. The number of pyridine rings is 1. The first kappa shape index (κ1) is 23.9. The number of aromatic amines is 1. The lowest BCUT2D eigenvalue weighted by Crippen LogP contribution is -2.50. The van der Waals surface area contributed by atoms with Crippen molar-refractivity contribution in [2.75, 3.05) is 44.3 Å². The van der Waals surface area contributed by atoms with Gasteiger partial charge in [0.1, 0.15) is 5.65 Å². The molecule has 12 heteroatoms. The molecule has 194 valence electrons. The van der Waals surface area contributed by atoms with Crippen LogP contribution in [0.25, 0.3) is 17.0 Å². The van der Waals surface area contributed by atoms with E-state index in [1.807, 2.05) is 12.4 Å². The number of hydrogen-bond donors (Lipinski definition) is 1. The van der Waals surface area contributed by atoms with Crippen LogP contribution >= 0.6 is 0 Å². The first-order chi connectivity index (χ1) is 18.0. The molecule has 0 radical (unpaired) electrons. The van der Waals surface area contributed by atoms with E-state index >= 15 is 0 Å². The van der Waals surface area contributed by atoms with Crippen molar-refractivity contribution in [3.63, 3.8) is 0 Å². The SMILES string of the molecule is FC(F)(F)c1ccc2ncc(-c3ccnc(N4CCN(C[C@H]5CCCOC5)[C@@H](c5cn[nH]c5)C4)n3)n2c1. The zero-order valence-corrected chi connectivity index (χ0v) is 20.1. The third kappa shape index (κ3) is 4.90. The van der Waals surface area contributed by atoms with Crippen molar-refractivity contribution >= 4 is 11.6 Å². The lowest BCUT2D eigenvalue weighted by atomic mass is 9.98. The fourth-order valence-electron chi connectivity index (χ4n) is 5.24. The predicted molar refractivity (Wildman–Crippen MR) is 130 cm³/mol. The van der Waals surface area contributed by atoms with E-state index in [0.717, 1.165) is 57.1 Å². The molecule has 0 unspecified atom stereocenters. The molecule has 4 aromatic rings. The fraction of sp³-hybridized carbons (Fsp3) is 0.440.